The van der Waals surface area contributed by atoms with Crippen LogP contribution in [0.2, 0.25) is 0 Å². The number of rotatable bonds is 7. The molecule has 0 aliphatic heterocycles. The SMILES string of the molecule is CC(=O)OC(CP)CC(C)(C)C(C)(C)CCC(C)(C)C. The lowest BCUT2D eigenvalue weighted by atomic mass is 9.62. The van der Waals surface area contributed by atoms with Gasteiger partial charge < -0.3 is 4.74 Å². The molecule has 20 heavy (non-hydrogen) atoms. The predicted octanol–water partition coefficient (Wildman–Crippen LogP) is 5.06. The van der Waals surface area contributed by atoms with Crippen LogP contribution >= 0.6 is 9.24 Å². The third-order valence-electron chi connectivity index (χ3n) is 4.67. The smallest absolute Gasteiger partial charge is 0.302 e. The molecule has 0 saturated carbocycles. The van der Waals surface area contributed by atoms with Gasteiger partial charge in [-0.1, -0.05) is 48.5 Å². The molecule has 120 valence electrons. The Bertz CT molecular complexity index is 313. The topological polar surface area (TPSA) is 26.3 Å². The standard InChI is InChI=1S/C17H35O2P/c1-13(18)19-14(12-20)11-17(7,8)16(5,6)10-9-15(2,3)4/h14H,9-12,20H2,1-8H3. The van der Waals surface area contributed by atoms with Crippen LogP contribution in [0.25, 0.3) is 0 Å². The molecule has 0 amide bonds. The van der Waals surface area contributed by atoms with Crippen LogP contribution in [0.5, 0.6) is 0 Å². The van der Waals surface area contributed by atoms with Crippen LogP contribution in [0.1, 0.15) is 74.7 Å². The molecule has 3 heteroatoms. The Kier molecular flexibility index (Phi) is 7.21. The summed E-state index contributed by atoms with van der Waals surface area (Å²) < 4.78 is 5.42. The first-order valence-corrected chi connectivity index (χ1v) is 8.50. The Balaban J connectivity index is 4.77. The van der Waals surface area contributed by atoms with Crippen molar-refractivity contribution in [3.05, 3.63) is 0 Å². The molecule has 0 radical (unpaired) electrons. The minimum absolute atomic E-state index is 0.00131. The molecule has 0 aromatic rings. The fourth-order valence-corrected chi connectivity index (χ4v) is 2.54. The number of carbonyl (C=O) groups is 1. The van der Waals surface area contributed by atoms with Gasteiger partial charge in [0.25, 0.3) is 0 Å². The second kappa shape index (κ2) is 7.25. The number of hydrogen-bond donors (Lipinski definition) is 0. The Morgan fingerprint density at radius 1 is 1.00 bits per heavy atom. The van der Waals surface area contributed by atoms with Crippen molar-refractivity contribution in [2.24, 2.45) is 16.2 Å². The summed E-state index contributed by atoms with van der Waals surface area (Å²) in [5.74, 6) is -0.180. The molecule has 2 nitrogen and oxygen atoms in total. The lowest BCUT2D eigenvalue weighted by Gasteiger charge is -2.44. The monoisotopic (exact) mass is 302 g/mol. The summed E-state index contributed by atoms with van der Waals surface area (Å²) in [5.41, 5.74) is 0.719. The van der Waals surface area contributed by atoms with E-state index in [1.54, 1.807) is 0 Å². The van der Waals surface area contributed by atoms with Gasteiger partial charge in [0.1, 0.15) is 6.10 Å². The molecule has 0 bridgehead atoms. The molecule has 0 saturated heterocycles. The van der Waals surface area contributed by atoms with Crippen LogP contribution in [0.15, 0.2) is 0 Å². The average Bonchev–Trinajstić information content (AvgIpc) is 2.23. The van der Waals surface area contributed by atoms with E-state index in [9.17, 15) is 4.79 Å². The van der Waals surface area contributed by atoms with Crippen molar-refractivity contribution in [1.29, 1.82) is 0 Å². The Hall–Kier alpha value is -0.100. The van der Waals surface area contributed by atoms with Crippen molar-refractivity contribution in [2.45, 2.75) is 80.8 Å². The van der Waals surface area contributed by atoms with Gasteiger partial charge in [-0.05, 0) is 41.7 Å². The van der Waals surface area contributed by atoms with Crippen molar-refractivity contribution in [2.75, 3.05) is 6.16 Å². The Morgan fingerprint density at radius 3 is 1.85 bits per heavy atom. The van der Waals surface area contributed by atoms with Crippen LogP contribution in [0.4, 0.5) is 0 Å². The van der Waals surface area contributed by atoms with Crippen LogP contribution in [-0.4, -0.2) is 18.2 Å². The van der Waals surface area contributed by atoms with Gasteiger partial charge in [0.15, 0.2) is 0 Å². The number of ether oxygens (including phenoxy) is 1. The first-order chi connectivity index (χ1) is 8.81. The molecule has 0 aromatic heterocycles. The van der Waals surface area contributed by atoms with Gasteiger partial charge in [0, 0.05) is 6.92 Å². The highest BCUT2D eigenvalue weighted by molar-refractivity contribution is 7.16. The summed E-state index contributed by atoms with van der Waals surface area (Å²) in [6, 6.07) is 0. The largest absolute Gasteiger partial charge is 0.462 e. The average molecular weight is 302 g/mol. The summed E-state index contributed by atoms with van der Waals surface area (Å²) >= 11 is 0. The van der Waals surface area contributed by atoms with Crippen LogP contribution in [0, 0.1) is 16.2 Å². The van der Waals surface area contributed by atoms with Crippen molar-refractivity contribution in [3.8, 4) is 0 Å². The van der Waals surface area contributed by atoms with E-state index in [2.05, 4.69) is 57.7 Å². The molecule has 0 fully saturated rings. The van der Waals surface area contributed by atoms with Crippen LogP contribution in [0.3, 0.4) is 0 Å². The van der Waals surface area contributed by atoms with Crippen LogP contribution < -0.4 is 0 Å². The lowest BCUT2D eigenvalue weighted by Crippen LogP contribution is -2.38. The fourth-order valence-electron chi connectivity index (χ4n) is 2.28. The fraction of sp³-hybridized carbons (Fsp3) is 0.941. The third-order valence-corrected chi connectivity index (χ3v) is 5.19. The lowest BCUT2D eigenvalue weighted by molar-refractivity contribution is -0.147. The summed E-state index contributed by atoms with van der Waals surface area (Å²) in [4.78, 5) is 11.2. The minimum Gasteiger partial charge on any atom is -0.462 e. The summed E-state index contributed by atoms with van der Waals surface area (Å²) in [6.07, 6.45) is 4.11. The molecule has 2 atom stereocenters. The second-order valence-corrected chi connectivity index (χ2v) is 8.97. The number of esters is 1. The second-order valence-electron chi connectivity index (χ2n) is 8.50. The maximum absolute atomic E-state index is 11.2. The maximum Gasteiger partial charge on any atom is 0.302 e. The molecular weight excluding hydrogens is 267 g/mol. The predicted molar refractivity (Wildman–Crippen MR) is 91.0 cm³/mol. The maximum atomic E-state index is 11.2. The molecular formula is C17H35O2P. The van der Waals surface area contributed by atoms with Gasteiger partial charge >= 0.3 is 5.97 Å². The summed E-state index contributed by atoms with van der Waals surface area (Å²) in [6.45, 7) is 17.6. The normalized spacial score (nSPS) is 15.1. The third kappa shape index (κ3) is 7.07. The van der Waals surface area contributed by atoms with Gasteiger partial charge in [-0.3, -0.25) is 4.79 Å². The van der Waals surface area contributed by atoms with E-state index in [1.807, 2.05) is 0 Å². The zero-order valence-corrected chi connectivity index (χ0v) is 16.0. The highest BCUT2D eigenvalue weighted by Crippen LogP contribution is 2.47. The van der Waals surface area contributed by atoms with Crippen molar-refractivity contribution >= 4 is 15.2 Å². The van der Waals surface area contributed by atoms with E-state index in [1.165, 1.54) is 19.8 Å². The van der Waals surface area contributed by atoms with Crippen molar-refractivity contribution < 1.29 is 9.53 Å². The van der Waals surface area contributed by atoms with E-state index in [0.29, 0.717) is 5.41 Å². The molecule has 0 heterocycles. The summed E-state index contributed by atoms with van der Waals surface area (Å²) in [5, 5.41) is 0. The van der Waals surface area contributed by atoms with E-state index >= 15 is 0 Å². The molecule has 0 aromatic carbocycles. The van der Waals surface area contributed by atoms with Crippen LogP contribution in [-0.2, 0) is 9.53 Å². The van der Waals surface area contributed by atoms with Gasteiger partial charge in [0.05, 0.1) is 0 Å². The Morgan fingerprint density at radius 2 is 1.50 bits per heavy atom. The van der Waals surface area contributed by atoms with E-state index in [4.69, 9.17) is 4.74 Å². The Labute approximate surface area is 128 Å². The van der Waals surface area contributed by atoms with Gasteiger partial charge in [0.2, 0.25) is 0 Å². The highest BCUT2D eigenvalue weighted by Gasteiger charge is 2.39. The van der Waals surface area contributed by atoms with Gasteiger partial charge in [-0.15, -0.1) is 9.24 Å². The quantitative estimate of drug-likeness (QED) is 0.485. The first-order valence-electron chi connectivity index (χ1n) is 7.68. The minimum atomic E-state index is -0.180. The molecule has 0 aliphatic carbocycles. The van der Waals surface area contributed by atoms with Crippen molar-refractivity contribution in [1.82, 2.24) is 0 Å². The van der Waals surface area contributed by atoms with Gasteiger partial charge in [-0.2, -0.15) is 0 Å². The molecule has 0 N–H and O–H groups in total. The zero-order valence-electron chi connectivity index (χ0n) is 14.8. The summed E-state index contributed by atoms with van der Waals surface area (Å²) in [7, 11) is 2.70. The van der Waals surface area contributed by atoms with Gasteiger partial charge in [-0.25, -0.2) is 0 Å². The highest BCUT2D eigenvalue weighted by atomic mass is 31.0. The molecule has 0 aliphatic rings. The number of hydrogen-bond acceptors (Lipinski definition) is 2. The first kappa shape index (κ1) is 19.9. The van der Waals surface area contributed by atoms with E-state index in [-0.39, 0.29) is 22.9 Å². The van der Waals surface area contributed by atoms with E-state index in [0.717, 1.165) is 12.6 Å². The zero-order chi connectivity index (χ0) is 16.2. The molecule has 2 unspecified atom stereocenters. The molecule has 0 spiro atoms. The number of carbonyl (C=O) groups excluding carboxylic acids is 1. The van der Waals surface area contributed by atoms with E-state index < -0.39 is 0 Å². The molecule has 0 rings (SSSR count). The van der Waals surface area contributed by atoms with Crippen molar-refractivity contribution in [3.63, 3.8) is 0 Å².